The fourth-order valence-electron chi connectivity index (χ4n) is 2.00. The second kappa shape index (κ2) is 7.68. The summed E-state index contributed by atoms with van der Waals surface area (Å²) in [6, 6.07) is 4.43. The number of carbonyl (C=O) groups excluding carboxylic acids is 1. The van der Waals surface area contributed by atoms with E-state index in [1.807, 2.05) is 20.8 Å². The van der Waals surface area contributed by atoms with Crippen LogP contribution in [-0.4, -0.2) is 40.8 Å². The Morgan fingerprint density at radius 3 is 2.26 bits per heavy atom. The summed E-state index contributed by atoms with van der Waals surface area (Å²) < 4.78 is 34.8. The van der Waals surface area contributed by atoms with Crippen molar-refractivity contribution in [3.63, 3.8) is 0 Å². The molecule has 1 rings (SSSR count). The number of nitrogens with one attached hydrogen (secondary N) is 1. The number of rotatable bonds is 7. The van der Waals surface area contributed by atoms with Crippen molar-refractivity contribution in [2.45, 2.75) is 32.1 Å². The zero-order valence-corrected chi connectivity index (χ0v) is 15.1. The zero-order chi connectivity index (χ0) is 17.7. The molecule has 0 fully saturated rings. The van der Waals surface area contributed by atoms with Gasteiger partial charge in [-0.2, -0.15) is 0 Å². The van der Waals surface area contributed by atoms with Crippen molar-refractivity contribution in [3.8, 4) is 11.5 Å². The first-order valence-corrected chi connectivity index (χ1v) is 8.96. The molecule has 23 heavy (non-hydrogen) atoms. The van der Waals surface area contributed by atoms with Crippen molar-refractivity contribution < 1.29 is 22.7 Å². The molecule has 1 N–H and O–H groups in total. The van der Waals surface area contributed by atoms with Gasteiger partial charge in [0.2, 0.25) is 5.91 Å². The largest absolute Gasteiger partial charge is 0.493 e. The highest BCUT2D eigenvalue weighted by Crippen LogP contribution is 2.29. The van der Waals surface area contributed by atoms with Crippen molar-refractivity contribution in [1.29, 1.82) is 0 Å². The molecular formula is C16H25NO5S. The molecule has 1 aromatic rings. The third-order valence-electron chi connectivity index (χ3n) is 3.10. The summed E-state index contributed by atoms with van der Waals surface area (Å²) in [5.74, 6) is 0.494. The average Bonchev–Trinajstić information content (AvgIpc) is 2.44. The van der Waals surface area contributed by atoms with E-state index in [-0.39, 0.29) is 28.5 Å². The van der Waals surface area contributed by atoms with Crippen LogP contribution < -0.4 is 14.8 Å². The van der Waals surface area contributed by atoms with Crippen LogP contribution in [0.5, 0.6) is 11.5 Å². The molecule has 0 spiro atoms. The number of ether oxygens (including phenoxy) is 2. The van der Waals surface area contributed by atoms with Crippen LogP contribution in [0, 0.1) is 5.41 Å². The quantitative estimate of drug-likeness (QED) is 0.819. The van der Waals surface area contributed by atoms with Crippen LogP contribution in [0.3, 0.4) is 0 Å². The summed E-state index contributed by atoms with van der Waals surface area (Å²) >= 11 is 0. The van der Waals surface area contributed by atoms with Crippen molar-refractivity contribution in [2.75, 3.05) is 26.5 Å². The van der Waals surface area contributed by atoms with Gasteiger partial charge in [-0.05, 0) is 17.5 Å². The minimum atomic E-state index is -3.51. The lowest BCUT2D eigenvalue weighted by molar-refractivity contribution is -0.122. The monoisotopic (exact) mass is 343 g/mol. The lowest BCUT2D eigenvalue weighted by Crippen LogP contribution is -2.31. The van der Waals surface area contributed by atoms with E-state index in [2.05, 4.69) is 5.32 Å². The molecule has 1 amide bonds. The lowest BCUT2D eigenvalue weighted by atomic mass is 9.92. The van der Waals surface area contributed by atoms with Gasteiger partial charge in [-0.25, -0.2) is 8.42 Å². The Hall–Kier alpha value is -1.76. The maximum Gasteiger partial charge on any atom is 0.220 e. The molecule has 0 unspecified atom stereocenters. The van der Waals surface area contributed by atoms with Crippen LogP contribution in [-0.2, 0) is 14.6 Å². The van der Waals surface area contributed by atoms with Crippen molar-refractivity contribution in [2.24, 2.45) is 5.41 Å². The van der Waals surface area contributed by atoms with Gasteiger partial charge in [-0.3, -0.25) is 4.79 Å². The van der Waals surface area contributed by atoms with Crippen LogP contribution in [0.1, 0.15) is 27.2 Å². The Morgan fingerprint density at radius 2 is 1.74 bits per heavy atom. The van der Waals surface area contributed by atoms with E-state index in [0.717, 1.165) is 0 Å². The number of benzene rings is 1. The first-order chi connectivity index (χ1) is 10.6. The predicted molar refractivity (Wildman–Crippen MR) is 88.7 cm³/mol. The third-order valence-corrected chi connectivity index (χ3v) is 4.81. The molecule has 1 aromatic carbocycles. The Balaban J connectivity index is 2.71. The smallest absolute Gasteiger partial charge is 0.220 e. The fraction of sp³-hybridized carbons (Fsp3) is 0.562. The number of methoxy groups -OCH3 is 2. The molecule has 0 aromatic heterocycles. The lowest BCUT2D eigenvalue weighted by Gasteiger charge is -2.17. The van der Waals surface area contributed by atoms with E-state index in [4.69, 9.17) is 9.47 Å². The summed E-state index contributed by atoms with van der Waals surface area (Å²) in [5, 5.41) is 2.64. The Bertz CT molecular complexity index is 647. The first kappa shape index (κ1) is 19.3. The van der Waals surface area contributed by atoms with E-state index in [9.17, 15) is 13.2 Å². The highest BCUT2D eigenvalue weighted by molar-refractivity contribution is 7.91. The average molecular weight is 343 g/mol. The molecule has 0 radical (unpaired) electrons. The number of sulfone groups is 1. The Morgan fingerprint density at radius 1 is 1.13 bits per heavy atom. The van der Waals surface area contributed by atoms with Crippen LogP contribution in [0.25, 0.3) is 0 Å². The highest BCUT2D eigenvalue weighted by Gasteiger charge is 2.19. The first-order valence-electron chi connectivity index (χ1n) is 7.30. The number of carbonyl (C=O) groups is 1. The number of hydrogen-bond donors (Lipinski definition) is 1. The van der Waals surface area contributed by atoms with E-state index in [1.165, 1.54) is 26.4 Å². The fourth-order valence-corrected chi connectivity index (χ4v) is 3.17. The zero-order valence-electron chi connectivity index (χ0n) is 14.3. The summed E-state index contributed by atoms with van der Waals surface area (Å²) in [6.45, 7) is 5.93. The second-order valence-corrected chi connectivity index (χ2v) is 8.53. The standard InChI is InChI=1S/C16H25NO5S/c1-16(2,3)11-15(18)17-8-9-23(19,20)12-6-7-13(21-4)14(10-12)22-5/h6-7,10H,8-9,11H2,1-5H3,(H,17,18). The summed E-state index contributed by atoms with van der Waals surface area (Å²) in [4.78, 5) is 11.9. The molecule has 0 saturated heterocycles. The molecule has 0 bridgehead atoms. The minimum absolute atomic E-state index is 0.0750. The molecule has 0 aliphatic rings. The molecule has 130 valence electrons. The molecule has 0 aliphatic carbocycles. The van der Waals surface area contributed by atoms with Gasteiger partial charge in [0, 0.05) is 19.0 Å². The maximum atomic E-state index is 12.3. The van der Waals surface area contributed by atoms with Gasteiger partial charge in [-0.15, -0.1) is 0 Å². The minimum Gasteiger partial charge on any atom is -0.493 e. The van der Waals surface area contributed by atoms with Gasteiger partial charge in [0.1, 0.15) is 0 Å². The van der Waals surface area contributed by atoms with Gasteiger partial charge >= 0.3 is 0 Å². The van der Waals surface area contributed by atoms with E-state index in [1.54, 1.807) is 6.07 Å². The van der Waals surface area contributed by atoms with Gasteiger partial charge in [0.05, 0.1) is 24.9 Å². The van der Waals surface area contributed by atoms with E-state index in [0.29, 0.717) is 17.9 Å². The second-order valence-electron chi connectivity index (χ2n) is 6.42. The van der Waals surface area contributed by atoms with E-state index < -0.39 is 9.84 Å². The Labute approximate surface area is 138 Å². The molecule has 0 saturated carbocycles. The van der Waals surface area contributed by atoms with Gasteiger partial charge in [0.15, 0.2) is 21.3 Å². The van der Waals surface area contributed by atoms with Gasteiger partial charge in [-0.1, -0.05) is 20.8 Å². The normalized spacial score (nSPS) is 11.9. The van der Waals surface area contributed by atoms with E-state index >= 15 is 0 Å². The molecular weight excluding hydrogens is 318 g/mol. The maximum absolute atomic E-state index is 12.3. The van der Waals surface area contributed by atoms with Crippen molar-refractivity contribution in [1.82, 2.24) is 5.32 Å². The van der Waals surface area contributed by atoms with Gasteiger partial charge < -0.3 is 14.8 Å². The molecule has 6 nitrogen and oxygen atoms in total. The van der Waals surface area contributed by atoms with Crippen molar-refractivity contribution >= 4 is 15.7 Å². The number of hydrogen-bond acceptors (Lipinski definition) is 5. The summed E-state index contributed by atoms with van der Waals surface area (Å²) in [5.41, 5.74) is -0.133. The van der Waals surface area contributed by atoms with Crippen LogP contribution in [0.2, 0.25) is 0 Å². The predicted octanol–water partition coefficient (Wildman–Crippen LogP) is 2.03. The molecule has 7 heteroatoms. The number of amides is 1. The summed E-state index contributed by atoms with van der Waals surface area (Å²) in [7, 11) is -0.579. The van der Waals surface area contributed by atoms with Crippen LogP contribution >= 0.6 is 0 Å². The Kier molecular flexibility index (Phi) is 6.44. The third kappa shape index (κ3) is 6.09. The SMILES string of the molecule is COc1ccc(S(=O)(=O)CCNC(=O)CC(C)(C)C)cc1OC. The molecule has 0 aliphatic heterocycles. The van der Waals surface area contributed by atoms with Crippen molar-refractivity contribution in [3.05, 3.63) is 18.2 Å². The van der Waals surface area contributed by atoms with Crippen LogP contribution in [0.15, 0.2) is 23.1 Å². The molecule has 0 heterocycles. The van der Waals surface area contributed by atoms with Gasteiger partial charge in [0.25, 0.3) is 0 Å². The highest BCUT2D eigenvalue weighted by atomic mass is 32.2. The molecule has 0 atom stereocenters. The topological polar surface area (TPSA) is 81.7 Å². The van der Waals surface area contributed by atoms with Crippen LogP contribution in [0.4, 0.5) is 0 Å². The summed E-state index contributed by atoms with van der Waals surface area (Å²) in [6.07, 6.45) is 0.351.